The Labute approximate surface area is 119 Å². The van der Waals surface area contributed by atoms with Crippen molar-refractivity contribution in [2.24, 2.45) is 11.7 Å². The molecule has 2 rings (SSSR count). The second-order valence-electron chi connectivity index (χ2n) is 5.27. The molecule has 1 aliphatic heterocycles. The summed E-state index contributed by atoms with van der Waals surface area (Å²) >= 11 is 12.1. The first-order valence-electron chi connectivity index (χ1n) is 6.47. The van der Waals surface area contributed by atoms with E-state index >= 15 is 0 Å². The molecule has 1 saturated heterocycles. The van der Waals surface area contributed by atoms with Gasteiger partial charge in [0.05, 0.1) is 0 Å². The third-order valence-corrected chi connectivity index (χ3v) is 4.12. The average Bonchev–Trinajstić information content (AvgIpc) is 2.30. The van der Waals surface area contributed by atoms with Crippen LogP contribution in [0.3, 0.4) is 0 Å². The Hall–Kier alpha value is -0.280. The predicted molar refractivity (Wildman–Crippen MR) is 78.1 cm³/mol. The van der Waals surface area contributed by atoms with E-state index in [0.717, 1.165) is 25.6 Å². The minimum Gasteiger partial charge on any atom is -0.329 e. The number of nitrogens with two attached hydrogens (primary N) is 1. The van der Waals surface area contributed by atoms with E-state index in [1.807, 2.05) is 12.1 Å². The Morgan fingerprint density at radius 2 is 1.94 bits per heavy atom. The van der Waals surface area contributed by atoms with Crippen molar-refractivity contribution in [2.75, 3.05) is 13.1 Å². The molecule has 0 aliphatic carbocycles. The Bertz CT molecular complexity index is 389. The summed E-state index contributed by atoms with van der Waals surface area (Å²) in [4.78, 5) is 2.45. The fourth-order valence-corrected chi connectivity index (χ4v) is 3.26. The normalized spacial score (nSPS) is 25.3. The van der Waals surface area contributed by atoms with Gasteiger partial charge >= 0.3 is 0 Å². The Morgan fingerprint density at radius 1 is 1.28 bits per heavy atom. The molecular formula is C14H20Cl2N2. The average molecular weight is 287 g/mol. The van der Waals surface area contributed by atoms with Crippen molar-refractivity contribution >= 4 is 23.2 Å². The van der Waals surface area contributed by atoms with Crippen molar-refractivity contribution in [1.29, 1.82) is 0 Å². The maximum Gasteiger partial charge on any atom is 0.0424 e. The summed E-state index contributed by atoms with van der Waals surface area (Å²) < 4.78 is 0. The molecule has 1 fully saturated rings. The summed E-state index contributed by atoms with van der Waals surface area (Å²) in [5, 5.41) is 1.40. The van der Waals surface area contributed by atoms with Crippen LogP contribution < -0.4 is 5.73 Å². The van der Waals surface area contributed by atoms with Crippen molar-refractivity contribution in [3.63, 3.8) is 0 Å². The van der Waals surface area contributed by atoms with Crippen molar-refractivity contribution in [3.05, 3.63) is 33.8 Å². The lowest BCUT2D eigenvalue weighted by Gasteiger charge is -2.38. The topological polar surface area (TPSA) is 29.3 Å². The molecule has 1 heterocycles. The zero-order chi connectivity index (χ0) is 13.1. The van der Waals surface area contributed by atoms with E-state index in [0.29, 0.717) is 16.1 Å². The van der Waals surface area contributed by atoms with Crippen LogP contribution in [0.25, 0.3) is 0 Å². The van der Waals surface area contributed by atoms with Gasteiger partial charge in [-0.05, 0) is 49.1 Å². The summed E-state index contributed by atoms with van der Waals surface area (Å²) in [5.74, 6) is 0.776. The number of hydrogen-bond donors (Lipinski definition) is 1. The highest BCUT2D eigenvalue weighted by Gasteiger charge is 2.25. The van der Waals surface area contributed by atoms with E-state index in [-0.39, 0.29) is 0 Å². The molecule has 100 valence electrons. The lowest BCUT2D eigenvalue weighted by atomic mass is 9.92. The number of benzene rings is 1. The summed E-state index contributed by atoms with van der Waals surface area (Å²) in [7, 11) is 0. The third kappa shape index (κ3) is 3.61. The van der Waals surface area contributed by atoms with Gasteiger partial charge in [0.2, 0.25) is 0 Å². The molecule has 0 radical (unpaired) electrons. The van der Waals surface area contributed by atoms with E-state index < -0.39 is 0 Å². The SMILES string of the molecule is CC1CCN(Cc2cc(Cl)cc(Cl)c2)C(CN)C1. The van der Waals surface area contributed by atoms with Crippen LogP contribution in [0, 0.1) is 5.92 Å². The first kappa shape index (κ1) is 14.1. The van der Waals surface area contributed by atoms with E-state index in [9.17, 15) is 0 Å². The molecule has 2 N–H and O–H groups in total. The van der Waals surface area contributed by atoms with Crippen LogP contribution in [-0.4, -0.2) is 24.0 Å². The fourth-order valence-electron chi connectivity index (χ4n) is 2.69. The molecule has 0 aromatic heterocycles. The summed E-state index contributed by atoms with van der Waals surface area (Å²) in [5.41, 5.74) is 7.04. The van der Waals surface area contributed by atoms with Crippen LogP contribution in [0.5, 0.6) is 0 Å². The van der Waals surface area contributed by atoms with Gasteiger partial charge in [-0.3, -0.25) is 4.90 Å². The molecule has 4 heteroatoms. The van der Waals surface area contributed by atoms with Gasteiger partial charge in [-0.15, -0.1) is 0 Å². The smallest absolute Gasteiger partial charge is 0.0424 e. The summed E-state index contributed by atoms with van der Waals surface area (Å²) in [6, 6.07) is 6.22. The molecule has 2 atom stereocenters. The molecule has 0 amide bonds. The molecule has 1 aromatic rings. The maximum absolute atomic E-state index is 6.03. The molecule has 1 aromatic carbocycles. The number of halogens is 2. The summed E-state index contributed by atoms with van der Waals surface area (Å²) in [6.45, 7) is 5.01. The van der Waals surface area contributed by atoms with Crippen molar-refractivity contribution in [1.82, 2.24) is 4.90 Å². The zero-order valence-electron chi connectivity index (χ0n) is 10.7. The maximum atomic E-state index is 6.03. The van der Waals surface area contributed by atoms with Gasteiger partial charge in [-0.25, -0.2) is 0 Å². The minimum absolute atomic E-state index is 0.478. The quantitative estimate of drug-likeness (QED) is 0.921. The molecule has 1 aliphatic rings. The first-order chi connectivity index (χ1) is 8.58. The predicted octanol–water partition coefficient (Wildman–Crippen LogP) is 3.55. The highest BCUT2D eigenvalue weighted by Crippen LogP contribution is 2.25. The highest BCUT2D eigenvalue weighted by molar-refractivity contribution is 6.34. The number of piperidine rings is 1. The van der Waals surface area contributed by atoms with Crippen LogP contribution in [0.2, 0.25) is 10.0 Å². The van der Waals surface area contributed by atoms with Gasteiger partial charge in [-0.1, -0.05) is 30.1 Å². The van der Waals surface area contributed by atoms with Crippen LogP contribution in [0.1, 0.15) is 25.3 Å². The lowest BCUT2D eigenvalue weighted by molar-refractivity contribution is 0.115. The van der Waals surface area contributed by atoms with Gasteiger partial charge in [0.1, 0.15) is 0 Å². The molecule has 18 heavy (non-hydrogen) atoms. The molecule has 0 spiro atoms. The first-order valence-corrected chi connectivity index (χ1v) is 7.23. The van der Waals surface area contributed by atoms with Gasteiger partial charge in [0.25, 0.3) is 0 Å². The van der Waals surface area contributed by atoms with Crippen molar-refractivity contribution in [2.45, 2.75) is 32.4 Å². The van der Waals surface area contributed by atoms with Gasteiger partial charge in [0, 0.05) is 29.2 Å². The second kappa shape index (κ2) is 6.25. The van der Waals surface area contributed by atoms with Crippen molar-refractivity contribution < 1.29 is 0 Å². The molecule has 0 bridgehead atoms. The Morgan fingerprint density at radius 3 is 2.56 bits per heavy atom. The Balaban J connectivity index is 2.07. The fraction of sp³-hybridized carbons (Fsp3) is 0.571. The number of hydrogen-bond acceptors (Lipinski definition) is 2. The van der Waals surface area contributed by atoms with Crippen LogP contribution in [-0.2, 0) is 6.54 Å². The van der Waals surface area contributed by atoms with Crippen LogP contribution >= 0.6 is 23.2 Å². The standard InChI is InChI=1S/C14H20Cl2N2/c1-10-2-3-18(14(4-10)8-17)9-11-5-12(15)7-13(16)6-11/h5-7,10,14H,2-4,8-9,17H2,1H3. The highest BCUT2D eigenvalue weighted by atomic mass is 35.5. The van der Waals surface area contributed by atoms with Gasteiger partial charge < -0.3 is 5.73 Å². The van der Waals surface area contributed by atoms with E-state index in [1.165, 1.54) is 18.4 Å². The molecule has 2 unspecified atom stereocenters. The second-order valence-corrected chi connectivity index (χ2v) is 6.14. The molecule has 0 saturated carbocycles. The van der Waals surface area contributed by atoms with E-state index in [4.69, 9.17) is 28.9 Å². The lowest BCUT2D eigenvalue weighted by Crippen LogP contribution is -2.45. The van der Waals surface area contributed by atoms with Gasteiger partial charge in [0.15, 0.2) is 0 Å². The largest absolute Gasteiger partial charge is 0.329 e. The van der Waals surface area contributed by atoms with E-state index in [2.05, 4.69) is 11.8 Å². The summed E-state index contributed by atoms with van der Waals surface area (Å²) in [6.07, 6.45) is 2.43. The number of likely N-dealkylation sites (tertiary alicyclic amines) is 1. The molecular weight excluding hydrogens is 267 g/mol. The number of nitrogens with zero attached hydrogens (tertiary/aromatic N) is 1. The zero-order valence-corrected chi connectivity index (χ0v) is 12.2. The van der Waals surface area contributed by atoms with Crippen LogP contribution in [0.4, 0.5) is 0 Å². The van der Waals surface area contributed by atoms with Crippen LogP contribution in [0.15, 0.2) is 18.2 Å². The monoisotopic (exact) mass is 286 g/mol. The third-order valence-electron chi connectivity index (χ3n) is 3.68. The van der Waals surface area contributed by atoms with Crippen molar-refractivity contribution in [3.8, 4) is 0 Å². The number of rotatable bonds is 3. The van der Waals surface area contributed by atoms with E-state index in [1.54, 1.807) is 6.07 Å². The molecule has 2 nitrogen and oxygen atoms in total. The van der Waals surface area contributed by atoms with Gasteiger partial charge in [-0.2, -0.15) is 0 Å². The minimum atomic E-state index is 0.478. The Kier molecular flexibility index (Phi) is 4.91.